The van der Waals surface area contributed by atoms with Gasteiger partial charge >= 0.3 is 5.97 Å². The molecule has 21 heavy (non-hydrogen) atoms. The molecule has 0 saturated heterocycles. The molecule has 1 aliphatic rings. The van der Waals surface area contributed by atoms with Crippen molar-refractivity contribution in [3.63, 3.8) is 0 Å². The molecule has 0 radical (unpaired) electrons. The topological polar surface area (TPSA) is 90.2 Å². The minimum Gasteiger partial charge on any atom is -0.481 e. The van der Waals surface area contributed by atoms with Gasteiger partial charge in [0.15, 0.2) is 0 Å². The van der Waals surface area contributed by atoms with Gasteiger partial charge in [-0.1, -0.05) is 18.6 Å². The summed E-state index contributed by atoms with van der Waals surface area (Å²) in [7, 11) is 0. The molecule has 0 aliphatic heterocycles. The molecule has 0 spiro atoms. The zero-order chi connectivity index (χ0) is 15.2. The average Bonchev–Trinajstić information content (AvgIpc) is 2.53. The smallest absolute Gasteiger partial charge is 0.306 e. The number of hydrogen-bond donors (Lipinski definition) is 2. The fourth-order valence-corrected chi connectivity index (χ4v) is 2.74. The van der Waals surface area contributed by atoms with Crippen molar-refractivity contribution in [2.75, 3.05) is 0 Å². The van der Waals surface area contributed by atoms with Gasteiger partial charge in [-0.2, -0.15) is 5.26 Å². The van der Waals surface area contributed by atoms with Crippen molar-refractivity contribution in [3.05, 3.63) is 35.4 Å². The number of nitriles is 1. The number of amides is 1. The summed E-state index contributed by atoms with van der Waals surface area (Å²) in [4.78, 5) is 23.1. The summed E-state index contributed by atoms with van der Waals surface area (Å²) in [6.07, 6.45) is 2.59. The van der Waals surface area contributed by atoms with Gasteiger partial charge in [-0.25, -0.2) is 0 Å². The van der Waals surface area contributed by atoms with Crippen LogP contribution in [0.15, 0.2) is 24.3 Å². The third-order valence-electron chi connectivity index (χ3n) is 3.92. The fraction of sp³-hybridized carbons (Fsp3) is 0.438. The molecule has 1 fully saturated rings. The molecular formula is C16H18N2O3. The number of aliphatic carboxylic acids is 1. The van der Waals surface area contributed by atoms with Gasteiger partial charge in [-0.15, -0.1) is 0 Å². The maximum Gasteiger partial charge on any atom is 0.306 e. The van der Waals surface area contributed by atoms with E-state index in [0.717, 1.165) is 18.4 Å². The zero-order valence-corrected chi connectivity index (χ0v) is 11.7. The summed E-state index contributed by atoms with van der Waals surface area (Å²) >= 11 is 0. The lowest BCUT2D eigenvalue weighted by molar-refractivity contribution is -0.144. The number of rotatable bonds is 4. The SMILES string of the molecule is N#Cc1cccc(CNC(=O)C2CCCC(C(=O)O)C2)c1. The van der Waals surface area contributed by atoms with Crippen LogP contribution in [0.3, 0.4) is 0 Å². The fourth-order valence-electron chi connectivity index (χ4n) is 2.74. The Labute approximate surface area is 123 Å². The van der Waals surface area contributed by atoms with Crippen molar-refractivity contribution < 1.29 is 14.7 Å². The van der Waals surface area contributed by atoms with E-state index in [-0.39, 0.29) is 11.8 Å². The standard InChI is InChI=1S/C16H18N2O3/c17-9-11-3-1-4-12(7-11)10-18-15(19)13-5-2-6-14(8-13)16(20)21/h1,3-4,7,13-14H,2,5-6,8,10H2,(H,18,19)(H,20,21). The van der Waals surface area contributed by atoms with E-state index in [1.54, 1.807) is 18.2 Å². The molecule has 0 heterocycles. The summed E-state index contributed by atoms with van der Waals surface area (Å²) in [5.41, 5.74) is 1.43. The number of nitrogens with zero attached hydrogens (tertiary/aromatic N) is 1. The second kappa shape index (κ2) is 6.89. The molecule has 5 nitrogen and oxygen atoms in total. The lowest BCUT2D eigenvalue weighted by Crippen LogP contribution is -2.35. The van der Waals surface area contributed by atoms with E-state index in [0.29, 0.717) is 24.9 Å². The lowest BCUT2D eigenvalue weighted by Gasteiger charge is -2.25. The first-order valence-electron chi connectivity index (χ1n) is 7.09. The van der Waals surface area contributed by atoms with Crippen LogP contribution in [0.4, 0.5) is 0 Å². The molecule has 110 valence electrons. The van der Waals surface area contributed by atoms with Crippen LogP contribution in [0.1, 0.15) is 36.8 Å². The van der Waals surface area contributed by atoms with E-state index in [4.69, 9.17) is 10.4 Å². The van der Waals surface area contributed by atoms with Crippen molar-refractivity contribution >= 4 is 11.9 Å². The number of nitrogens with one attached hydrogen (secondary N) is 1. The van der Waals surface area contributed by atoms with Gasteiger partial charge in [0, 0.05) is 12.5 Å². The Morgan fingerprint density at radius 2 is 2.10 bits per heavy atom. The highest BCUT2D eigenvalue weighted by atomic mass is 16.4. The maximum atomic E-state index is 12.1. The largest absolute Gasteiger partial charge is 0.481 e. The molecule has 1 aliphatic carbocycles. The highest BCUT2D eigenvalue weighted by Gasteiger charge is 2.30. The lowest BCUT2D eigenvalue weighted by atomic mass is 9.81. The molecule has 1 aromatic rings. The average molecular weight is 286 g/mol. The molecular weight excluding hydrogens is 268 g/mol. The third-order valence-corrected chi connectivity index (χ3v) is 3.92. The van der Waals surface area contributed by atoms with Crippen LogP contribution < -0.4 is 5.32 Å². The van der Waals surface area contributed by atoms with E-state index >= 15 is 0 Å². The van der Waals surface area contributed by atoms with Crippen LogP contribution in [0, 0.1) is 23.2 Å². The van der Waals surface area contributed by atoms with Crippen molar-refractivity contribution in [2.45, 2.75) is 32.2 Å². The van der Waals surface area contributed by atoms with Crippen LogP contribution in [-0.2, 0) is 16.1 Å². The predicted molar refractivity (Wildman–Crippen MR) is 76.1 cm³/mol. The summed E-state index contributed by atoms with van der Waals surface area (Å²) in [6, 6.07) is 9.14. The van der Waals surface area contributed by atoms with Gasteiger partial charge in [-0.05, 0) is 37.0 Å². The highest BCUT2D eigenvalue weighted by Crippen LogP contribution is 2.29. The normalized spacial score (nSPS) is 21.3. The van der Waals surface area contributed by atoms with Crippen LogP contribution in [0.2, 0.25) is 0 Å². The van der Waals surface area contributed by atoms with Crippen LogP contribution in [0.25, 0.3) is 0 Å². The van der Waals surface area contributed by atoms with Crippen molar-refractivity contribution in [2.24, 2.45) is 11.8 Å². The van der Waals surface area contributed by atoms with Gasteiger partial charge in [0.05, 0.1) is 17.6 Å². The molecule has 2 atom stereocenters. The Kier molecular flexibility index (Phi) is 4.94. The van der Waals surface area contributed by atoms with E-state index in [2.05, 4.69) is 11.4 Å². The Balaban J connectivity index is 1.89. The highest BCUT2D eigenvalue weighted by molar-refractivity contribution is 5.80. The second-order valence-electron chi connectivity index (χ2n) is 5.43. The zero-order valence-electron chi connectivity index (χ0n) is 11.7. The molecule has 1 aromatic carbocycles. The first kappa shape index (κ1) is 15.0. The van der Waals surface area contributed by atoms with Crippen molar-refractivity contribution in [1.29, 1.82) is 5.26 Å². The Morgan fingerprint density at radius 1 is 1.33 bits per heavy atom. The van der Waals surface area contributed by atoms with Gasteiger partial charge in [0.1, 0.15) is 0 Å². The molecule has 0 bridgehead atoms. The molecule has 1 saturated carbocycles. The van der Waals surface area contributed by atoms with E-state index < -0.39 is 11.9 Å². The van der Waals surface area contributed by atoms with Crippen LogP contribution >= 0.6 is 0 Å². The van der Waals surface area contributed by atoms with Gasteiger partial charge in [0.2, 0.25) is 5.91 Å². The number of hydrogen-bond acceptors (Lipinski definition) is 3. The van der Waals surface area contributed by atoms with E-state index in [1.165, 1.54) is 0 Å². The Bertz CT molecular complexity index is 577. The third kappa shape index (κ3) is 4.06. The molecule has 2 N–H and O–H groups in total. The second-order valence-corrected chi connectivity index (χ2v) is 5.43. The number of carbonyl (C=O) groups is 2. The van der Waals surface area contributed by atoms with Crippen LogP contribution in [-0.4, -0.2) is 17.0 Å². The van der Waals surface area contributed by atoms with E-state index in [1.807, 2.05) is 6.07 Å². The first-order chi connectivity index (χ1) is 10.1. The summed E-state index contributed by atoms with van der Waals surface area (Å²) in [5, 5.41) is 20.7. The number of carbonyl (C=O) groups excluding carboxylic acids is 1. The number of carboxylic acid groups (broad SMARTS) is 1. The van der Waals surface area contributed by atoms with Crippen molar-refractivity contribution in [1.82, 2.24) is 5.32 Å². The van der Waals surface area contributed by atoms with Crippen LogP contribution in [0.5, 0.6) is 0 Å². The molecule has 2 unspecified atom stereocenters. The van der Waals surface area contributed by atoms with Crippen molar-refractivity contribution in [3.8, 4) is 6.07 Å². The Morgan fingerprint density at radius 3 is 2.81 bits per heavy atom. The van der Waals surface area contributed by atoms with Gasteiger partial charge in [-0.3, -0.25) is 9.59 Å². The van der Waals surface area contributed by atoms with E-state index in [9.17, 15) is 9.59 Å². The molecule has 0 aromatic heterocycles. The summed E-state index contributed by atoms with van der Waals surface area (Å²) in [6.45, 7) is 0.364. The minimum absolute atomic E-state index is 0.0942. The molecule has 1 amide bonds. The maximum absolute atomic E-state index is 12.1. The Hall–Kier alpha value is -2.35. The monoisotopic (exact) mass is 286 g/mol. The first-order valence-corrected chi connectivity index (χ1v) is 7.09. The van der Waals surface area contributed by atoms with Gasteiger partial charge in [0.25, 0.3) is 0 Å². The predicted octanol–water partition coefficient (Wildman–Crippen LogP) is 2.07. The summed E-state index contributed by atoms with van der Waals surface area (Å²) < 4.78 is 0. The number of benzene rings is 1. The number of carboxylic acids is 1. The minimum atomic E-state index is -0.811. The van der Waals surface area contributed by atoms with Gasteiger partial charge < -0.3 is 10.4 Å². The summed E-state index contributed by atoms with van der Waals surface area (Å²) in [5.74, 6) is -1.53. The quantitative estimate of drug-likeness (QED) is 0.886. The molecule has 5 heteroatoms. The molecule has 2 rings (SSSR count).